The lowest BCUT2D eigenvalue weighted by Crippen LogP contribution is -2.52. The molecule has 1 aliphatic rings. The van der Waals surface area contributed by atoms with E-state index in [9.17, 15) is 13.6 Å². The largest absolute Gasteiger partial charge is 0.345 e. The first-order valence-electron chi connectivity index (χ1n) is 6.90. The standard InChI is InChI=1S/C15H17Cl2F2NO/c1-9-3-2-4-15(7-9,8-16)20-14(21)10-5-13(19)11(17)6-12(10)18/h5-6,9H,2-4,7-8H2,1H3,(H,20,21). The number of benzene rings is 1. The zero-order chi connectivity index (χ0) is 15.6. The Bertz CT molecular complexity index is 553. The Hall–Kier alpha value is -0.870. The van der Waals surface area contributed by atoms with Gasteiger partial charge in [0, 0.05) is 5.88 Å². The van der Waals surface area contributed by atoms with Gasteiger partial charge in [-0.05, 0) is 30.9 Å². The summed E-state index contributed by atoms with van der Waals surface area (Å²) in [5.74, 6) is -1.63. The SMILES string of the molecule is CC1CCCC(CCl)(NC(=O)c2cc(F)c(Cl)cc2F)C1. The monoisotopic (exact) mass is 335 g/mol. The minimum atomic E-state index is -0.840. The third-order valence-corrected chi connectivity index (χ3v) is 4.78. The van der Waals surface area contributed by atoms with E-state index < -0.39 is 23.1 Å². The molecule has 21 heavy (non-hydrogen) atoms. The van der Waals surface area contributed by atoms with E-state index in [0.29, 0.717) is 5.92 Å². The summed E-state index contributed by atoms with van der Waals surface area (Å²) in [5, 5.41) is 2.45. The van der Waals surface area contributed by atoms with Gasteiger partial charge >= 0.3 is 0 Å². The second kappa shape index (κ2) is 6.49. The molecule has 0 aliphatic heterocycles. The second-order valence-electron chi connectivity index (χ2n) is 5.82. The Morgan fingerprint density at radius 2 is 2.14 bits per heavy atom. The number of nitrogens with one attached hydrogen (secondary N) is 1. The molecule has 6 heteroatoms. The molecule has 2 atom stereocenters. The van der Waals surface area contributed by atoms with Crippen molar-refractivity contribution in [2.24, 2.45) is 5.92 Å². The predicted octanol–water partition coefficient (Wildman–Crippen LogP) is 4.54. The molecule has 1 aliphatic carbocycles. The average Bonchev–Trinajstić information content (AvgIpc) is 2.42. The zero-order valence-corrected chi connectivity index (χ0v) is 13.2. The van der Waals surface area contributed by atoms with E-state index in [0.717, 1.165) is 37.8 Å². The van der Waals surface area contributed by atoms with Gasteiger partial charge in [-0.15, -0.1) is 11.6 Å². The van der Waals surface area contributed by atoms with Crippen LogP contribution in [-0.2, 0) is 0 Å². The Labute approximate surface area is 132 Å². The number of carbonyl (C=O) groups is 1. The van der Waals surface area contributed by atoms with Gasteiger partial charge in [0.1, 0.15) is 11.6 Å². The fourth-order valence-electron chi connectivity index (χ4n) is 2.93. The average molecular weight is 336 g/mol. The number of hydrogen-bond acceptors (Lipinski definition) is 1. The zero-order valence-electron chi connectivity index (χ0n) is 11.7. The van der Waals surface area contributed by atoms with Crippen LogP contribution in [0.1, 0.15) is 43.0 Å². The minimum Gasteiger partial charge on any atom is -0.345 e. The van der Waals surface area contributed by atoms with Gasteiger partial charge in [-0.25, -0.2) is 8.78 Å². The van der Waals surface area contributed by atoms with E-state index in [1.807, 2.05) is 0 Å². The fraction of sp³-hybridized carbons (Fsp3) is 0.533. The van der Waals surface area contributed by atoms with Crippen LogP contribution in [0.4, 0.5) is 8.78 Å². The van der Waals surface area contributed by atoms with Crippen LogP contribution in [0.15, 0.2) is 12.1 Å². The third-order valence-electron chi connectivity index (χ3n) is 3.98. The van der Waals surface area contributed by atoms with Crippen molar-refractivity contribution in [3.8, 4) is 0 Å². The maximum absolute atomic E-state index is 13.8. The highest BCUT2D eigenvalue weighted by atomic mass is 35.5. The molecule has 1 aromatic carbocycles. The number of rotatable bonds is 3. The molecule has 1 aromatic rings. The summed E-state index contributed by atoms with van der Waals surface area (Å²) in [7, 11) is 0. The molecule has 0 aromatic heterocycles. The summed E-state index contributed by atoms with van der Waals surface area (Å²) < 4.78 is 27.2. The van der Waals surface area contributed by atoms with Crippen LogP contribution in [0.5, 0.6) is 0 Å². The van der Waals surface area contributed by atoms with Crippen molar-refractivity contribution in [2.75, 3.05) is 5.88 Å². The van der Waals surface area contributed by atoms with Crippen molar-refractivity contribution >= 4 is 29.1 Å². The van der Waals surface area contributed by atoms with Gasteiger partial charge < -0.3 is 5.32 Å². The topological polar surface area (TPSA) is 29.1 Å². The Morgan fingerprint density at radius 3 is 2.76 bits per heavy atom. The minimum absolute atomic E-state index is 0.251. The summed E-state index contributed by atoms with van der Waals surface area (Å²) in [6.45, 7) is 2.09. The number of alkyl halides is 1. The molecule has 1 fully saturated rings. The molecule has 0 radical (unpaired) electrons. The van der Waals surface area contributed by atoms with Crippen LogP contribution in [0.2, 0.25) is 5.02 Å². The van der Waals surface area contributed by atoms with Crippen LogP contribution in [0.25, 0.3) is 0 Å². The van der Waals surface area contributed by atoms with Crippen LogP contribution in [-0.4, -0.2) is 17.3 Å². The van der Waals surface area contributed by atoms with E-state index in [1.165, 1.54) is 0 Å². The van der Waals surface area contributed by atoms with Gasteiger partial charge in [-0.2, -0.15) is 0 Å². The molecule has 0 saturated heterocycles. The summed E-state index contributed by atoms with van der Waals surface area (Å²) in [6, 6.07) is 1.63. The molecule has 0 bridgehead atoms. The molecule has 0 spiro atoms. The highest BCUT2D eigenvalue weighted by Gasteiger charge is 2.36. The first-order valence-corrected chi connectivity index (χ1v) is 7.81. The van der Waals surface area contributed by atoms with Crippen molar-refractivity contribution in [2.45, 2.75) is 38.1 Å². The first kappa shape index (κ1) is 16.5. The molecule has 2 nitrogen and oxygen atoms in total. The van der Waals surface area contributed by atoms with Crippen molar-refractivity contribution < 1.29 is 13.6 Å². The number of carbonyl (C=O) groups excluding carboxylic acids is 1. The fourth-order valence-corrected chi connectivity index (χ4v) is 3.39. The van der Waals surface area contributed by atoms with Gasteiger partial charge in [0.25, 0.3) is 5.91 Å². The smallest absolute Gasteiger partial charge is 0.254 e. The van der Waals surface area contributed by atoms with Crippen molar-refractivity contribution in [1.82, 2.24) is 5.32 Å². The lowest BCUT2D eigenvalue weighted by atomic mass is 9.77. The number of amides is 1. The first-order chi connectivity index (χ1) is 9.87. The van der Waals surface area contributed by atoms with E-state index in [-0.39, 0.29) is 16.5 Å². The van der Waals surface area contributed by atoms with E-state index in [2.05, 4.69) is 12.2 Å². The lowest BCUT2D eigenvalue weighted by Gasteiger charge is -2.39. The Kier molecular flexibility index (Phi) is 5.10. The van der Waals surface area contributed by atoms with Crippen LogP contribution in [0, 0.1) is 17.6 Å². The number of halogens is 4. The van der Waals surface area contributed by atoms with E-state index in [4.69, 9.17) is 23.2 Å². The molecule has 1 N–H and O–H groups in total. The van der Waals surface area contributed by atoms with Gasteiger partial charge in [0.15, 0.2) is 0 Å². The van der Waals surface area contributed by atoms with Crippen LogP contribution < -0.4 is 5.32 Å². The maximum Gasteiger partial charge on any atom is 0.254 e. The molecule has 116 valence electrons. The highest BCUT2D eigenvalue weighted by molar-refractivity contribution is 6.30. The van der Waals surface area contributed by atoms with Crippen molar-refractivity contribution in [3.63, 3.8) is 0 Å². The number of hydrogen-bond donors (Lipinski definition) is 1. The molecular weight excluding hydrogens is 319 g/mol. The summed E-state index contributed by atoms with van der Waals surface area (Å²) >= 11 is 11.5. The Morgan fingerprint density at radius 1 is 1.43 bits per heavy atom. The molecule has 2 rings (SSSR count). The summed E-state index contributed by atoms with van der Waals surface area (Å²) in [5.41, 5.74) is -0.904. The van der Waals surface area contributed by atoms with E-state index >= 15 is 0 Å². The quantitative estimate of drug-likeness (QED) is 0.637. The summed E-state index contributed by atoms with van der Waals surface area (Å²) in [4.78, 5) is 12.2. The molecule has 1 saturated carbocycles. The van der Waals surface area contributed by atoms with Crippen LogP contribution >= 0.6 is 23.2 Å². The predicted molar refractivity (Wildman–Crippen MR) is 79.9 cm³/mol. The molecule has 0 heterocycles. The highest BCUT2D eigenvalue weighted by Crippen LogP contribution is 2.33. The Balaban J connectivity index is 2.22. The molecular formula is C15H17Cl2F2NO. The lowest BCUT2D eigenvalue weighted by molar-refractivity contribution is 0.0862. The van der Waals surface area contributed by atoms with Gasteiger partial charge in [0.2, 0.25) is 0 Å². The van der Waals surface area contributed by atoms with Gasteiger partial charge in [0.05, 0.1) is 16.1 Å². The third kappa shape index (κ3) is 3.67. The molecule has 2 unspecified atom stereocenters. The summed E-state index contributed by atoms with van der Waals surface area (Å²) in [6.07, 6.45) is 3.51. The van der Waals surface area contributed by atoms with Crippen LogP contribution in [0.3, 0.4) is 0 Å². The normalized spacial score (nSPS) is 25.7. The maximum atomic E-state index is 13.8. The van der Waals surface area contributed by atoms with Gasteiger partial charge in [-0.1, -0.05) is 31.4 Å². The molecule has 1 amide bonds. The van der Waals surface area contributed by atoms with E-state index in [1.54, 1.807) is 0 Å². The van der Waals surface area contributed by atoms with Crippen molar-refractivity contribution in [1.29, 1.82) is 0 Å². The van der Waals surface area contributed by atoms with Gasteiger partial charge in [-0.3, -0.25) is 4.79 Å². The second-order valence-corrected chi connectivity index (χ2v) is 6.49. The van der Waals surface area contributed by atoms with Crippen molar-refractivity contribution in [3.05, 3.63) is 34.4 Å².